The average molecular weight is 321 g/mol. The molecule has 24 heavy (non-hydrogen) atoms. The summed E-state index contributed by atoms with van der Waals surface area (Å²) in [5.41, 5.74) is 3.46. The maximum atomic E-state index is 8.85. The fraction of sp³-hybridized carbons (Fsp3) is 0.211. The third-order valence-electron chi connectivity index (χ3n) is 4.11. The quantitative estimate of drug-likeness (QED) is 0.476. The van der Waals surface area contributed by atoms with E-state index in [0.29, 0.717) is 12.3 Å². The molecule has 0 saturated heterocycles. The van der Waals surface area contributed by atoms with Gasteiger partial charge in [0, 0.05) is 30.4 Å². The van der Waals surface area contributed by atoms with E-state index in [1.807, 2.05) is 36.4 Å². The second-order valence-electron chi connectivity index (χ2n) is 5.68. The van der Waals surface area contributed by atoms with Gasteiger partial charge in [-0.15, -0.1) is 0 Å². The second-order valence-corrected chi connectivity index (χ2v) is 5.68. The predicted octanol–water partition coefficient (Wildman–Crippen LogP) is 3.13. The highest BCUT2D eigenvalue weighted by Gasteiger charge is 2.15. The number of rotatable bonds is 6. The predicted molar refractivity (Wildman–Crippen MR) is 97.5 cm³/mol. The van der Waals surface area contributed by atoms with Gasteiger partial charge in [-0.05, 0) is 12.1 Å². The zero-order chi connectivity index (χ0) is 16.4. The number of anilines is 1. The van der Waals surface area contributed by atoms with Crippen LogP contribution in [0.2, 0.25) is 0 Å². The molecule has 0 aliphatic heterocycles. The minimum Gasteiger partial charge on any atom is -0.438 e. The summed E-state index contributed by atoms with van der Waals surface area (Å²) in [6, 6.07) is 16.1. The number of nitrogens with zero attached hydrogens (tertiary/aromatic N) is 1. The summed E-state index contributed by atoms with van der Waals surface area (Å²) in [4.78, 5) is 4.68. The molecule has 5 heteroatoms. The Balaban J connectivity index is 1.85. The highest BCUT2D eigenvalue weighted by Crippen LogP contribution is 2.37. The van der Waals surface area contributed by atoms with Crippen molar-refractivity contribution in [3.05, 3.63) is 48.5 Å². The summed E-state index contributed by atoms with van der Waals surface area (Å²) >= 11 is 0. The highest BCUT2D eigenvalue weighted by molar-refractivity contribution is 6.17. The molecule has 0 aliphatic carbocycles. The number of furan rings is 1. The van der Waals surface area contributed by atoms with Gasteiger partial charge in [-0.2, -0.15) is 0 Å². The lowest BCUT2D eigenvalue weighted by Gasteiger charge is -2.11. The Morgan fingerprint density at radius 1 is 0.917 bits per heavy atom. The molecule has 4 aromatic rings. The molecule has 0 spiro atoms. The van der Waals surface area contributed by atoms with Crippen LogP contribution in [-0.2, 0) is 0 Å². The molecule has 122 valence electrons. The summed E-state index contributed by atoms with van der Waals surface area (Å²) in [5, 5.41) is 18.7. The number of aliphatic hydroxyl groups is 1. The zero-order valence-electron chi connectivity index (χ0n) is 13.2. The van der Waals surface area contributed by atoms with E-state index in [4.69, 9.17) is 9.52 Å². The lowest BCUT2D eigenvalue weighted by molar-refractivity contribution is 0.293. The topological polar surface area (TPSA) is 70.3 Å². The van der Waals surface area contributed by atoms with E-state index in [0.717, 1.165) is 46.0 Å². The van der Waals surface area contributed by atoms with Gasteiger partial charge in [0.2, 0.25) is 5.71 Å². The SMILES string of the molecule is OCCNCCNc1c2ccccc2nc2oc3ccccc3c12. The first-order valence-electron chi connectivity index (χ1n) is 8.14. The number of aliphatic hydroxyl groups excluding tert-OH is 1. The van der Waals surface area contributed by atoms with E-state index >= 15 is 0 Å². The van der Waals surface area contributed by atoms with Crippen LogP contribution in [0.3, 0.4) is 0 Å². The van der Waals surface area contributed by atoms with E-state index in [-0.39, 0.29) is 6.61 Å². The number of hydrogen-bond acceptors (Lipinski definition) is 5. The van der Waals surface area contributed by atoms with Crippen LogP contribution in [0.1, 0.15) is 0 Å². The Hall–Kier alpha value is -2.63. The maximum absolute atomic E-state index is 8.85. The Morgan fingerprint density at radius 2 is 1.71 bits per heavy atom. The van der Waals surface area contributed by atoms with Crippen LogP contribution in [0.4, 0.5) is 5.69 Å². The molecule has 2 heterocycles. The molecule has 0 unspecified atom stereocenters. The first-order chi connectivity index (χ1) is 11.9. The lowest BCUT2D eigenvalue weighted by Crippen LogP contribution is -2.25. The Bertz CT molecular complexity index is 994. The molecular formula is C19H19N3O2. The van der Waals surface area contributed by atoms with Crippen molar-refractivity contribution in [3.63, 3.8) is 0 Å². The van der Waals surface area contributed by atoms with Crippen LogP contribution < -0.4 is 10.6 Å². The second kappa shape index (κ2) is 6.47. The molecule has 0 atom stereocenters. The van der Waals surface area contributed by atoms with Crippen molar-refractivity contribution in [1.82, 2.24) is 10.3 Å². The van der Waals surface area contributed by atoms with Gasteiger partial charge in [0.1, 0.15) is 5.58 Å². The highest BCUT2D eigenvalue weighted by atomic mass is 16.3. The van der Waals surface area contributed by atoms with E-state index in [2.05, 4.69) is 27.8 Å². The molecule has 2 aromatic carbocycles. The number of para-hydroxylation sites is 2. The minimum absolute atomic E-state index is 0.148. The molecule has 0 aliphatic rings. The molecule has 0 saturated carbocycles. The zero-order valence-corrected chi connectivity index (χ0v) is 13.2. The van der Waals surface area contributed by atoms with E-state index in [9.17, 15) is 0 Å². The molecule has 0 radical (unpaired) electrons. The summed E-state index contributed by atoms with van der Waals surface area (Å²) in [6.45, 7) is 2.27. The molecule has 0 fully saturated rings. The smallest absolute Gasteiger partial charge is 0.229 e. The van der Waals surface area contributed by atoms with E-state index in [1.165, 1.54) is 0 Å². The largest absolute Gasteiger partial charge is 0.438 e. The van der Waals surface area contributed by atoms with Crippen molar-refractivity contribution in [2.24, 2.45) is 0 Å². The third-order valence-corrected chi connectivity index (χ3v) is 4.11. The number of benzene rings is 2. The molecule has 2 aromatic heterocycles. The van der Waals surface area contributed by atoms with Crippen LogP contribution in [0, 0.1) is 0 Å². The summed E-state index contributed by atoms with van der Waals surface area (Å²) in [5.74, 6) is 0. The summed E-state index contributed by atoms with van der Waals surface area (Å²) in [6.07, 6.45) is 0. The normalized spacial score (nSPS) is 11.5. The standard InChI is InChI=1S/C19H19N3O2/c23-12-11-20-9-10-21-18-13-5-1-3-7-15(13)22-19-17(18)14-6-2-4-8-16(14)24-19/h1-8,20,23H,9-12H2,(H,21,22). The lowest BCUT2D eigenvalue weighted by atomic mass is 10.1. The maximum Gasteiger partial charge on any atom is 0.229 e. The van der Waals surface area contributed by atoms with Gasteiger partial charge in [-0.1, -0.05) is 36.4 Å². The van der Waals surface area contributed by atoms with E-state index in [1.54, 1.807) is 0 Å². The fourth-order valence-corrected chi connectivity index (χ4v) is 3.04. The Kier molecular flexibility index (Phi) is 4.02. The number of fused-ring (bicyclic) bond motifs is 4. The van der Waals surface area contributed by atoms with Crippen molar-refractivity contribution in [1.29, 1.82) is 0 Å². The van der Waals surface area contributed by atoms with Crippen molar-refractivity contribution in [2.75, 3.05) is 31.6 Å². The number of nitrogens with one attached hydrogen (secondary N) is 2. The first-order valence-corrected chi connectivity index (χ1v) is 8.14. The molecule has 3 N–H and O–H groups in total. The number of hydrogen-bond donors (Lipinski definition) is 3. The molecular weight excluding hydrogens is 302 g/mol. The van der Waals surface area contributed by atoms with Gasteiger partial charge in [0.15, 0.2) is 0 Å². The van der Waals surface area contributed by atoms with Gasteiger partial charge in [-0.3, -0.25) is 0 Å². The van der Waals surface area contributed by atoms with Gasteiger partial charge in [0.25, 0.3) is 0 Å². The molecule has 4 rings (SSSR count). The van der Waals surface area contributed by atoms with Crippen LogP contribution in [0.25, 0.3) is 33.0 Å². The van der Waals surface area contributed by atoms with Gasteiger partial charge in [-0.25, -0.2) is 4.98 Å². The van der Waals surface area contributed by atoms with Crippen molar-refractivity contribution in [3.8, 4) is 0 Å². The van der Waals surface area contributed by atoms with Crippen molar-refractivity contribution < 1.29 is 9.52 Å². The third kappa shape index (κ3) is 2.58. The number of aromatic nitrogens is 1. The Labute approximate surface area is 139 Å². The van der Waals surface area contributed by atoms with Gasteiger partial charge < -0.3 is 20.2 Å². The minimum atomic E-state index is 0.148. The van der Waals surface area contributed by atoms with Crippen molar-refractivity contribution in [2.45, 2.75) is 0 Å². The Morgan fingerprint density at radius 3 is 2.58 bits per heavy atom. The monoisotopic (exact) mass is 321 g/mol. The average Bonchev–Trinajstić information content (AvgIpc) is 2.99. The molecule has 5 nitrogen and oxygen atoms in total. The van der Waals surface area contributed by atoms with E-state index < -0.39 is 0 Å². The fourth-order valence-electron chi connectivity index (χ4n) is 3.04. The van der Waals surface area contributed by atoms with Crippen LogP contribution in [0.15, 0.2) is 52.9 Å². The number of pyridine rings is 1. The molecule has 0 amide bonds. The summed E-state index contributed by atoms with van der Waals surface area (Å²) in [7, 11) is 0. The van der Waals surface area contributed by atoms with Crippen LogP contribution >= 0.6 is 0 Å². The first kappa shape index (κ1) is 14.9. The summed E-state index contributed by atoms with van der Waals surface area (Å²) < 4.78 is 5.95. The van der Waals surface area contributed by atoms with Crippen molar-refractivity contribution >= 4 is 38.7 Å². The van der Waals surface area contributed by atoms with Crippen LogP contribution in [0.5, 0.6) is 0 Å². The van der Waals surface area contributed by atoms with Gasteiger partial charge >= 0.3 is 0 Å². The van der Waals surface area contributed by atoms with Crippen LogP contribution in [-0.4, -0.2) is 36.3 Å². The van der Waals surface area contributed by atoms with Gasteiger partial charge in [0.05, 0.1) is 23.2 Å². The molecule has 0 bridgehead atoms.